The van der Waals surface area contributed by atoms with E-state index in [2.05, 4.69) is 0 Å². The molecule has 0 amide bonds. The third-order valence-electron chi connectivity index (χ3n) is 3.54. The summed E-state index contributed by atoms with van der Waals surface area (Å²) in [6, 6.07) is 14.1. The molecule has 0 fully saturated rings. The molecule has 3 aromatic rings. The first-order chi connectivity index (χ1) is 10.9. The largest absolute Gasteiger partial charge is 0.284 e. The summed E-state index contributed by atoms with van der Waals surface area (Å²) >= 11 is 1.60. The Balaban J connectivity index is 2.32. The molecule has 0 spiro atoms. The van der Waals surface area contributed by atoms with Gasteiger partial charge in [0.05, 0.1) is 14.8 Å². The molecule has 0 saturated carbocycles. The molecule has 0 bridgehead atoms. The maximum atomic E-state index is 14.2. The molecular weight excluding hydrogens is 435 g/mol. The number of aromatic nitrogens is 1. The summed E-state index contributed by atoms with van der Waals surface area (Å²) in [5.74, 6) is -3.10. The lowest BCUT2D eigenvalue weighted by Gasteiger charge is -2.11. The standard InChI is InChI=1S/C16H12F2INO2S/c17-16(18,11-19)14-10-20(15-9-5-4-8-13(14)15)23(21,22)12-6-2-1-3-7-12/h1-10H,11H2. The van der Waals surface area contributed by atoms with Crippen molar-refractivity contribution < 1.29 is 17.2 Å². The first kappa shape index (κ1) is 16.4. The number of rotatable bonds is 4. The van der Waals surface area contributed by atoms with Crippen LogP contribution in [0.5, 0.6) is 0 Å². The van der Waals surface area contributed by atoms with Gasteiger partial charge in [-0.25, -0.2) is 21.2 Å². The minimum Gasteiger partial charge on any atom is -0.241 e. The van der Waals surface area contributed by atoms with Crippen LogP contribution in [0.2, 0.25) is 0 Å². The Morgan fingerprint density at radius 1 is 1.00 bits per heavy atom. The van der Waals surface area contributed by atoms with Crippen LogP contribution in [0, 0.1) is 0 Å². The minimum atomic E-state index is -3.93. The van der Waals surface area contributed by atoms with E-state index in [1.54, 1.807) is 52.9 Å². The molecule has 1 heterocycles. The first-order valence-electron chi connectivity index (χ1n) is 6.73. The van der Waals surface area contributed by atoms with E-state index in [0.717, 1.165) is 10.2 Å². The molecule has 23 heavy (non-hydrogen) atoms. The fourth-order valence-electron chi connectivity index (χ4n) is 2.42. The second-order valence-electron chi connectivity index (χ2n) is 5.01. The van der Waals surface area contributed by atoms with Crippen molar-refractivity contribution in [2.45, 2.75) is 10.8 Å². The molecule has 1 aromatic heterocycles. The van der Waals surface area contributed by atoms with Crippen LogP contribution in [0.4, 0.5) is 8.78 Å². The van der Waals surface area contributed by atoms with Crippen molar-refractivity contribution >= 4 is 43.5 Å². The van der Waals surface area contributed by atoms with E-state index in [0.29, 0.717) is 0 Å². The van der Waals surface area contributed by atoms with Crippen molar-refractivity contribution in [3.63, 3.8) is 0 Å². The van der Waals surface area contributed by atoms with Gasteiger partial charge in [-0.3, -0.25) is 0 Å². The smallest absolute Gasteiger partial charge is 0.241 e. The predicted octanol–water partition coefficient (Wildman–Crippen LogP) is 4.41. The fourth-order valence-corrected chi connectivity index (χ4v) is 4.22. The van der Waals surface area contributed by atoms with Gasteiger partial charge in [-0.1, -0.05) is 59.0 Å². The molecule has 0 N–H and O–H groups in total. The minimum absolute atomic E-state index is 0.0603. The number of benzene rings is 2. The molecule has 120 valence electrons. The first-order valence-corrected chi connectivity index (χ1v) is 9.69. The molecule has 0 saturated heterocycles. The van der Waals surface area contributed by atoms with Crippen molar-refractivity contribution in [2.75, 3.05) is 4.43 Å². The van der Waals surface area contributed by atoms with Gasteiger partial charge in [0.1, 0.15) is 0 Å². The molecule has 0 aliphatic carbocycles. The lowest BCUT2D eigenvalue weighted by Crippen LogP contribution is -2.15. The maximum Gasteiger partial charge on any atom is 0.284 e. The van der Waals surface area contributed by atoms with Gasteiger partial charge in [-0.2, -0.15) is 0 Å². The topological polar surface area (TPSA) is 39.1 Å². The van der Waals surface area contributed by atoms with E-state index in [9.17, 15) is 17.2 Å². The van der Waals surface area contributed by atoms with Crippen molar-refractivity contribution in [3.8, 4) is 0 Å². The zero-order valence-electron chi connectivity index (χ0n) is 11.8. The summed E-state index contributed by atoms with van der Waals surface area (Å²) in [5, 5.41) is 0.244. The van der Waals surface area contributed by atoms with E-state index in [1.807, 2.05) is 0 Å². The van der Waals surface area contributed by atoms with Gasteiger partial charge in [0, 0.05) is 17.1 Å². The van der Waals surface area contributed by atoms with Gasteiger partial charge in [0.25, 0.3) is 15.9 Å². The summed E-state index contributed by atoms with van der Waals surface area (Å²) in [7, 11) is -3.93. The van der Waals surface area contributed by atoms with Gasteiger partial charge in [-0.15, -0.1) is 0 Å². The van der Waals surface area contributed by atoms with Gasteiger partial charge < -0.3 is 0 Å². The van der Waals surface area contributed by atoms with Crippen molar-refractivity contribution in [1.29, 1.82) is 0 Å². The summed E-state index contributed by atoms with van der Waals surface area (Å²) in [6.07, 6.45) is 1.03. The second kappa shape index (κ2) is 5.86. The molecule has 2 aromatic carbocycles. The van der Waals surface area contributed by atoms with Crippen LogP contribution in [0.3, 0.4) is 0 Å². The van der Waals surface area contributed by atoms with E-state index >= 15 is 0 Å². The summed E-state index contributed by atoms with van der Waals surface area (Å²) in [4.78, 5) is 0.0603. The summed E-state index contributed by atoms with van der Waals surface area (Å²) < 4.78 is 54.5. The highest BCUT2D eigenvalue weighted by atomic mass is 127. The second-order valence-corrected chi connectivity index (χ2v) is 7.59. The van der Waals surface area contributed by atoms with Gasteiger partial charge >= 0.3 is 0 Å². The van der Waals surface area contributed by atoms with Crippen LogP contribution >= 0.6 is 22.6 Å². The number of nitrogens with zero attached hydrogens (tertiary/aromatic N) is 1. The molecule has 0 aliphatic heterocycles. The van der Waals surface area contributed by atoms with E-state index in [4.69, 9.17) is 0 Å². The number of para-hydroxylation sites is 1. The molecular formula is C16H12F2INO2S. The van der Waals surface area contributed by atoms with Crippen molar-refractivity contribution in [2.24, 2.45) is 0 Å². The van der Waals surface area contributed by atoms with Gasteiger partial charge in [-0.05, 0) is 18.2 Å². The highest BCUT2D eigenvalue weighted by Gasteiger charge is 2.35. The van der Waals surface area contributed by atoms with Crippen LogP contribution in [-0.2, 0) is 15.9 Å². The van der Waals surface area contributed by atoms with Crippen LogP contribution in [0.1, 0.15) is 5.56 Å². The van der Waals surface area contributed by atoms with Gasteiger partial charge in [0.2, 0.25) is 0 Å². The Labute approximate surface area is 146 Å². The van der Waals surface area contributed by atoms with Crippen LogP contribution in [-0.4, -0.2) is 16.8 Å². The third kappa shape index (κ3) is 2.76. The summed E-state index contributed by atoms with van der Waals surface area (Å²) in [5.41, 5.74) is -0.0297. The number of hydrogen-bond donors (Lipinski definition) is 0. The molecule has 0 aliphatic rings. The Hall–Kier alpha value is -1.48. The zero-order valence-corrected chi connectivity index (χ0v) is 14.8. The number of hydrogen-bond acceptors (Lipinski definition) is 2. The predicted molar refractivity (Wildman–Crippen MR) is 93.7 cm³/mol. The Morgan fingerprint density at radius 3 is 2.26 bits per heavy atom. The third-order valence-corrected chi connectivity index (χ3v) is 6.19. The molecule has 0 radical (unpaired) electrons. The van der Waals surface area contributed by atoms with Crippen LogP contribution in [0.15, 0.2) is 65.7 Å². The molecule has 3 rings (SSSR count). The van der Waals surface area contributed by atoms with Crippen LogP contribution in [0.25, 0.3) is 10.9 Å². The number of fused-ring (bicyclic) bond motifs is 1. The van der Waals surface area contributed by atoms with E-state index < -0.39 is 20.4 Å². The Bertz CT molecular complexity index is 953. The number of alkyl halides is 3. The SMILES string of the molecule is O=S(=O)(c1ccccc1)n1cc(C(F)(F)CI)c2ccccc21. The highest BCUT2D eigenvalue weighted by Crippen LogP contribution is 2.37. The number of halogens is 3. The van der Waals surface area contributed by atoms with Crippen molar-refractivity contribution in [3.05, 3.63) is 66.4 Å². The van der Waals surface area contributed by atoms with Crippen molar-refractivity contribution in [1.82, 2.24) is 3.97 Å². The normalized spacial score (nSPS) is 12.7. The highest BCUT2D eigenvalue weighted by molar-refractivity contribution is 14.1. The van der Waals surface area contributed by atoms with Gasteiger partial charge in [0.15, 0.2) is 0 Å². The molecule has 7 heteroatoms. The lowest BCUT2D eigenvalue weighted by atomic mass is 10.1. The monoisotopic (exact) mass is 447 g/mol. The average molecular weight is 447 g/mol. The van der Waals surface area contributed by atoms with Crippen LogP contribution < -0.4 is 0 Å². The van der Waals surface area contributed by atoms with E-state index in [-0.39, 0.29) is 21.4 Å². The molecule has 0 atom stereocenters. The maximum absolute atomic E-state index is 14.2. The van der Waals surface area contributed by atoms with E-state index in [1.165, 1.54) is 24.3 Å². The molecule has 0 unspecified atom stereocenters. The molecule has 3 nitrogen and oxygen atoms in total. The Kier molecular flexibility index (Phi) is 4.18. The lowest BCUT2D eigenvalue weighted by molar-refractivity contribution is 0.0281. The Morgan fingerprint density at radius 2 is 1.61 bits per heavy atom. The average Bonchev–Trinajstić information content (AvgIpc) is 2.97. The summed E-state index contributed by atoms with van der Waals surface area (Å²) in [6.45, 7) is 0. The fraction of sp³-hybridized carbons (Fsp3) is 0.125. The quantitative estimate of drug-likeness (QED) is 0.439. The zero-order chi connectivity index (χ0) is 16.7.